The predicted molar refractivity (Wildman–Crippen MR) is 117 cm³/mol. The van der Waals surface area contributed by atoms with Crippen molar-refractivity contribution in [2.45, 2.75) is 0 Å². The van der Waals surface area contributed by atoms with Crippen LogP contribution in [0.15, 0.2) is 48.5 Å². The van der Waals surface area contributed by atoms with Gasteiger partial charge in [0.05, 0.1) is 36.4 Å². The average molecular weight is 448 g/mol. The zero-order valence-corrected chi connectivity index (χ0v) is 18.2. The van der Waals surface area contributed by atoms with Crippen LogP contribution in [-0.2, 0) is 19.6 Å². The standard InChI is InChI=1S/C21H25N3O6S/c1-23(31(2,27)28)16-7-9-17(10-8-16)30-15-20(25)22-19-6-4-3-5-18(19)21(26)24-11-13-29-14-12-24/h3-10H,11-15H2,1-2H3,(H,22,25). The summed E-state index contributed by atoms with van der Waals surface area (Å²) in [6.07, 6.45) is 1.11. The highest BCUT2D eigenvalue weighted by molar-refractivity contribution is 7.92. The number of carbonyl (C=O) groups is 2. The van der Waals surface area contributed by atoms with Crippen molar-refractivity contribution in [3.05, 3.63) is 54.1 Å². The summed E-state index contributed by atoms with van der Waals surface area (Å²) < 4.78 is 35.1. The number of sulfonamides is 1. The number of anilines is 2. The Morgan fingerprint density at radius 3 is 2.39 bits per heavy atom. The van der Waals surface area contributed by atoms with E-state index in [0.29, 0.717) is 49.0 Å². The Balaban J connectivity index is 1.60. The topological polar surface area (TPSA) is 105 Å². The van der Waals surface area contributed by atoms with Crippen LogP contribution in [0.4, 0.5) is 11.4 Å². The molecule has 2 amide bonds. The van der Waals surface area contributed by atoms with Crippen molar-refractivity contribution in [3.63, 3.8) is 0 Å². The lowest BCUT2D eigenvalue weighted by Gasteiger charge is -2.27. The molecule has 2 aromatic carbocycles. The van der Waals surface area contributed by atoms with Crippen LogP contribution < -0.4 is 14.4 Å². The Bertz CT molecular complexity index is 1030. The van der Waals surface area contributed by atoms with Crippen molar-refractivity contribution >= 4 is 33.2 Å². The fraction of sp³-hybridized carbons (Fsp3) is 0.333. The maximum Gasteiger partial charge on any atom is 0.262 e. The van der Waals surface area contributed by atoms with Crippen molar-refractivity contribution in [1.82, 2.24) is 4.90 Å². The summed E-state index contributed by atoms with van der Waals surface area (Å²) in [7, 11) is -1.91. The van der Waals surface area contributed by atoms with E-state index in [-0.39, 0.29) is 12.5 Å². The summed E-state index contributed by atoms with van der Waals surface area (Å²) in [6, 6.07) is 13.2. The third kappa shape index (κ3) is 5.96. The Labute approximate surface area is 181 Å². The van der Waals surface area contributed by atoms with E-state index in [9.17, 15) is 18.0 Å². The first-order valence-electron chi connectivity index (χ1n) is 9.68. The largest absolute Gasteiger partial charge is 0.484 e. The Hall–Kier alpha value is -3.11. The first-order valence-corrected chi connectivity index (χ1v) is 11.5. The van der Waals surface area contributed by atoms with Gasteiger partial charge in [-0.15, -0.1) is 0 Å². The SMILES string of the molecule is CN(c1ccc(OCC(=O)Nc2ccccc2C(=O)N2CCOCC2)cc1)S(C)(=O)=O. The monoisotopic (exact) mass is 447 g/mol. The Morgan fingerprint density at radius 2 is 1.74 bits per heavy atom. The number of para-hydroxylation sites is 1. The number of ether oxygens (including phenoxy) is 2. The first-order chi connectivity index (χ1) is 14.8. The van der Waals surface area contributed by atoms with Crippen molar-refractivity contribution in [3.8, 4) is 5.75 Å². The summed E-state index contributed by atoms with van der Waals surface area (Å²) in [5, 5.41) is 2.72. The van der Waals surface area contributed by atoms with Crippen LogP contribution >= 0.6 is 0 Å². The molecule has 0 aromatic heterocycles. The van der Waals surface area contributed by atoms with E-state index < -0.39 is 15.9 Å². The number of carbonyl (C=O) groups excluding carboxylic acids is 2. The number of rotatable bonds is 7. The molecule has 9 nitrogen and oxygen atoms in total. The molecule has 3 rings (SSSR count). The van der Waals surface area contributed by atoms with E-state index in [1.165, 1.54) is 7.05 Å². The van der Waals surface area contributed by atoms with Crippen LogP contribution in [0.1, 0.15) is 10.4 Å². The number of hydrogen-bond donors (Lipinski definition) is 1. The molecule has 0 aliphatic carbocycles. The van der Waals surface area contributed by atoms with Gasteiger partial charge in [0.15, 0.2) is 6.61 Å². The van der Waals surface area contributed by atoms with Crippen LogP contribution in [0.5, 0.6) is 5.75 Å². The molecule has 0 spiro atoms. The second-order valence-corrected chi connectivity index (χ2v) is 9.03. The van der Waals surface area contributed by atoms with Crippen LogP contribution in [0.3, 0.4) is 0 Å². The Morgan fingerprint density at radius 1 is 1.10 bits per heavy atom. The summed E-state index contributed by atoms with van der Waals surface area (Å²) in [4.78, 5) is 26.8. The molecule has 2 aromatic rings. The molecule has 0 radical (unpaired) electrons. The maximum absolute atomic E-state index is 12.8. The van der Waals surface area contributed by atoms with Crippen molar-refractivity contribution in [2.75, 3.05) is 55.8 Å². The average Bonchev–Trinajstić information content (AvgIpc) is 2.77. The fourth-order valence-electron chi connectivity index (χ4n) is 2.99. The molecular formula is C21H25N3O6S. The number of benzene rings is 2. The van der Waals surface area contributed by atoms with E-state index in [4.69, 9.17) is 9.47 Å². The zero-order chi connectivity index (χ0) is 22.4. The smallest absolute Gasteiger partial charge is 0.262 e. The molecule has 0 unspecified atom stereocenters. The molecule has 166 valence electrons. The van der Waals surface area contributed by atoms with Gasteiger partial charge in [-0.05, 0) is 36.4 Å². The maximum atomic E-state index is 12.8. The summed E-state index contributed by atoms with van der Waals surface area (Å²) >= 11 is 0. The van der Waals surface area contributed by atoms with Gasteiger partial charge in [-0.1, -0.05) is 12.1 Å². The summed E-state index contributed by atoms with van der Waals surface area (Å²) in [5.41, 5.74) is 1.30. The summed E-state index contributed by atoms with van der Waals surface area (Å²) in [6.45, 7) is 1.74. The minimum absolute atomic E-state index is 0.161. The molecule has 0 saturated carbocycles. The molecule has 1 heterocycles. The van der Waals surface area contributed by atoms with Crippen molar-refractivity contribution < 1.29 is 27.5 Å². The second kappa shape index (κ2) is 9.80. The van der Waals surface area contributed by atoms with E-state index in [2.05, 4.69) is 5.32 Å². The lowest BCUT2D eigenvalue weighted by atomic mass is 10.1. The van der Waals surface area contributed by atoms with E-state index in [1.807, 2.05) is 0 Å². The molecule has 31 heavy (non-hydrogen) atoms. The van der Waals surface area contributed by atoms with E-state index in [1.54, 1.807) is 53.4 Å². The van der Waals surface area contributed by atoms with Crippen LogP contribution in [0.2, 0.25) is 0 Å². The lowest BCUT2D eigenvalue weighted by molar-refractivity contribution is -0.118. The van der Waals surface area contributed by atoms with Gasteiger partial charge in [0.1, 0.15) is 5.75 Å². The number of hydrogen-bond acceptors (Lipinski definition) is 6. The third-order valence-corrected chi connectivity index (χ3v) is 6.00. The van der Waals surface area contributed by atoms with Crippen LogP contribution in [0, 0.1) is 0 Å². The molecule has 1 aliphatic rings. The van der Waals surface area contributed by atoms with Gasteiger partial charge in [-0.3, -0.25) is 13.9 Å². The minimum atomic E-state index is -3.36. The molecule has 1 aliphatic heterocycles. The lowest BCUT2D eigenvalue weighted by Crippen LogP contribution is -2.41. The molecule has 1 saturated heterocycles. The molecular weight excluding hydrogens is 422 g/mol. The molecule has 10 heteroatoms. The van der Waals surface area contributed by atoms with Gasteiger partial charge >= 0.3 is 0 Å². The zero-order valence-electron chi connectivity index (χ0n) is 17.4. The first kappa shape index (κ1) is 22.6. The van der Waals surface area contributed by atoms with Crippen molar-refractivity contribution in [2.24, 2.45) is 0 Å². The number of nitrogens with zero attached hydrogens (tertiary/aromatic N) is 2. The minimum Gasteiger partial charge on any atom is -0.484 e. The van der Waals surface area contributed by atoms with Gasteiger partial charge in [0.2, 0.25) is 10.0 Å². The Kier molecular flexibility index (Phi) is 7.13. The van der Waals surface area contributed by atoms with Gasteiger partial charge in [-0.2, -0.15) is 0 Å². The van der Waals surface area contributed by atoms with Crippen LogP contribution in [0.25, 0.3) is 0 Å². The highest BCUT2D eigenvalue weighted by Crippen LogP contribution is 2.21. The molecule has 0 atom stereocenters. The quantitative estimate of drug-likeness (QED) is 0.691. The van der Waals surface area contributed by atoms with E-state index in [0.717, 1.165) is 10.6 Å². The number of amides is 2. The number of morpholine rings is 1. The van der Waals surface area contributed by atoms with Crippen molar-refractivity contribution in [1.29, 1.82) is 0 Å². The van der Waals surface area contributed by atoms with E-state index >= 15 is 0 Å². The molecule has 1 fully saturated rings. The summed E-state index contributed by atoms with van der Waals surface area (Å²) in [5.74, 6) is -0.163. The van der Waals surface area contributed by atoms with Gasteiger partial charge < -0.3 is 19.7 Å². The van der Waals surface area contributed by atoms with Gasteiger partial charge in [-0.25, -0.2) is 8.42 Å². The third-order valence-electron chi connectivity index (χ3n) is 4.80. The normalized spacial score (nSPS) is 14.1. The second-order valence-electron chi connectivity index (χ2n) is 7.01. The fourth-order valence-corrected chi connectivity index (χ4v) is 3.50. The van der Waals surface area contributed by atoms with Gasteiger partial charge in [0.25, 0.3) is 11.8 Å². The highest BCUT2D eigenvalue weighted by Gasteiger charge is 2.21. The predicted octanol–water partition coefficient (Wildman–Crippen LogP) is 1.57. The molecule has 0 bridgehead atoms. The van der Waals surface area contributed by atoms with Gasteiger partial charge in [0, 0.05) is 20.1 Å². The highest BCUT2D eigenvalue weighted by atomic mass is 32.2. The number of nitrogens with one attached hydrogen (secondary N) is 1. The molecule has 1 N–H and O–H groups in total. The van der Waals surface area contributed by atoms with Crippen LogP contribution in [-0.4, -0.2) is 71.3 Å².